The summed E-state index contributed by atoms with van der Waals surface area (Å²) in [5.41, 5.74) is 4.83. The second-order valence-electron chi connectivity index (χ2n) is 4.37. The average Bonchev–Trinajstić information content (AvgIpc) is 2.18. The number of aliphatic hydroxyl groups is 3. The highest BCUT2D eigenvalue weighted by atomic mass is 16.3. The van der Waals surface area contributed by atoms with E-state index in [1.165, 1.54) is 0 Å². The lowest BCUT2D eigenvalue weighted by Crippen LogP contribution is -2.53. The van der Waals surface area contributed by atoms with Gasteiger partial charge in [0.25, 0.3) is 0 Å². The molecule has 1 rings (SSSR count). The Hall–Kier alpha value is -0.160. The molecule has 1 fully saturated rings. The molecule has 4 heteroatoms. The van der Waals surface area contributed by atoms with Crippen molar-refractivity contribution in [3.63, 3.8) is 0 Å². The zero-order valence-electron chi connectivity index (χ0n) is 7.87. The molecule has 0 amide bonds. The monoisotopic (exact) mass is 189 g/mol. The fourth-order valence-electron chi connectivity index (χ4n) is 2.19. The highest BCUT2D eigenvalue weighted by Gasteiger charge is 2.41. The highest BCUT2D eigenvalue weighted by Crippen LogP contribution is 2.39. The van der Waals surface area contributed by atoms with Crippen molar-refractivity contribution in [2.75, 3.05) is 19.8 Å². The maximum absolute atomic E-state index is 9.17. The molecule has 0 radical (unpaired) electrons. The second-order valence-corrected chi connectivity index (χ2v) is 4.37. The first-order chi connectivity index (χ1) is 6.10. The van der Waals surface area contributed by atoms with Gasteiger partial charge in [0.2, 0.25) is 0 Å². The van der Waals surface area contributed by atoms with Gasteiger partial charge in [-0.05, 0) is 19.3 Å². The second kappa shape index (κ2) is 3.92. The van der Waals surface area contributed by atoms with E-state index in [2.05, 4.69) is 0 Å². The van der Waals surface area contributed by atoms with Crippen LogP contribution in [0.5, 0.6) is 0 Å². The van der Waals surface area contributed by atoms with Crippen LogP contribution in [-0.2, 0) is 0 Å². The summed E-state index contributed by atoms with van der Waals surface area (Å²) in [6, 6.07) is 0. The Bertz CT molecular complexity index is 170. The van der Waals surface area contributed by atoms with Gasteiger partial charge < -0.3 is 21.1 Å². The van der Waals surface area contributed by atoms with Crippen LogP contribution in [0.15, 0.2) is 0 Å². The molecule has 0 aromatic heterocycles. The molecule has 0 saturated heterocycles. The van der Waals surface area contributed by atoms with Crippen LogP contribution in [0.25, 0.3) is 0 Å². The highest BCUT2D eigenvalue weighted by molar-refractivity contribution is 4.97. The third-order valence-corrected chi connectivity index (χ3v) is 3.09. The zero-order chi connectivity index (χ0) is 9.95. The maximum atomic E-state index is 9.17. The molecule has 1 atom stereocenters. The fourth-order valence-corrected chi connectivity index (χ4v) is 2.19. The molecule has 4 nitrogen and oxygen atoms in total. The first-order valence-electron chi connectivity index (χ1n) is 4.71. The average molecular weight is 189 g/mol. The molecular formula is C9H19NO3. The summed E-state index contributed by atoms with van der Waals surface area (Å²) >= 11 is 0. The summed E-state index contributed by atoms with van der Waals surface area (Å²) < 4.78 is 0. The molecule has 1 aliphatic rings. The molecule has 0 aliphatic heterocycles. The van der Waals surface area contributed by atoms with Gasteiger partial charge in [-0.1, -0.05) is 6.42 Å². The summed E-state index contributed by atoms with van der Waals surface area (Å²) in [7, 11) is 0. The van der Waals surface area contributed by atoms with E-state index < -0.39 is 11.0 Å². The predicted molar refractivity (Wildman–Crippen MR) is 49.1 cm³/mol. The minimum absolute atomic E-state index is 0.0531. The molecule has 5 N–H and O–H groups in total. The lowest BCUT2D eigenvalue weighted by Gasteiger charge is -2.43. The van der Waals surface area contributed by atoms with Gasteiger partial charge >= 0.3 is 0 Å². The van der Waals surface area contributed by atoms with Crippen molar-refractivity contribution >= 4 is 0 Å². The van der Waals surface area contributed by atoms with Gasteiger partial charge in [-0.3, -0.25) is 0 Å². The van der Waals surface area contributed by atoms with Crippen molar-refractivity contribution in [3.8, 4) is 0 Å². The third-order valence-electron chi connectivity index (χ3n) is 3.09. The molecule has 0 aromatic rings. The number of hydrogen-bond acceptors (Lipinski definition) is 4. The molecular weight excluding hydrogens is 170 g/mol. The van der Waals surface area contributed by atoms with Crippen LogP contribution in [0.2, 0.25) is 0 Å². The molecule has 1 saturated carbocycles. The first kappa shape index (κ1) is 10.9. The smallest absolute Gasteiger partial charge is 0.0611 e. The van der Waals surface area contributed by atoms with E-state index in [4.69, 9.17) is 10.8 Å². The summed E-state index contributed by atoms with van der Waals surface area (Å²) in [6.07, 6.45) is 2.92. The largest absolute Gasteiger partial charge is 0.396 e. The van der Waals surface area contributed by atoms with Gasteiger partial charge in [0.1, 0.15) is 0 Å². The topological polar surface area (TPSA) is 86.7 Å². The van der Waals surface area contributed by atoms with E-state index in [1.54, 1.807) is 0 Å². The van der Waals surface area contributed by atoms with Crippen LogP contribution < -0.4 is 5.73 Å². The SMILES string of the molecule is NC1(CO)CCCC(CO)(CO)C1. The van der Waals surface area contributed by atoms with Crippen LogP contribution in [0, 0.1) is 5.41 Å². The van der Waals surface area contributed by atoms with Crippen molar-refractivity contribution in [2.24, 2.45) is 11.1 Å². The van der Waals surface area contributed by atoms with E-state index >= 15 is 0 Å². The van der Waals surface area contributed by atoms with Gasteiger partial charge in [0.05, 0.1) is 19.8 Å². The molecule has 0 heterocycles. The van der Waals surface area contributed by atoms with Crippen LogP contribution in [-0.4, -0.2) is 40.7 Å². The van der Waals surface area contributed by atoms with Crippen molar-refractivity contribution in [3.05, 3.63) is 0 Å². The van der Waals surface area contributed by atoms with Gasteiger partial charge in [-0.2, -0.15) is 0 Å². The number of nitrogens with two attached hydrogens (primary N) is 1. The Morgan fingerprint density at radius 3 is 2.08 bits per heavy atom. The summed E-state index contributed by atoms with van der Waals surface area (Å²) in [5.74, 6) is 0. The molecule has 0 bridgehead atoms. The van der Waals surface area contributed by atoms with E-state index in [1.807, 2.05) is 0 Å². The zero-order valence-corrected chi connectivity index (χ0v) is 7.87. The van der Waals surface area contributed by atoms with E-state index in [0.29, 0.717) is 6.42 Å². The van der Waals surface area contributed by atoms with Gasteiger partial charge in [0.15, 0.2) is 0 Å². The molecule has 0 spiro atoms. The lowest BCUT2D eigenvalue weighted by atomic mass is 9.67. The van der Waals surface area contributed by atoms with Crippen molar-refractivity contribution in [2.45, 2.75) is 31.2 Å². The Morgan fingerprint density at radius 1 is 1.00 bits per heavy atom. The quantitative estimate of drug-likeness (QED) is 0.469. The van der Waals surface area contributed by atoms with E-state index in [0.717, 1.165) is 19.3 Å². The Labute approximate surface area is 78.4 Å². The lowest BCUT2D eigenvalue weighted by molar-refractivity contribution is -0.0161. The van der Waals surface area contributed by atoms with E-state index in [9.17, 15) is 10.2 Å². The number of aliphatic hydroxyl groups excluding tert-OH is 3. The normalized spacial score (nSPS) is 33.2. The van der Waals surface area contributed by atoms with E-state index in [-0.39, 0.29) is 19.8 Å². The van der Waals surface area contributed by atoms with Gasteiger partial charge in [0, 0.05) is 11.0 Å². The van der Waals surface area contributed by atoms with Crippen LogP contribution >= 0.6 is 0 Å². The standard InChI is InChI=1S/C9H19NO3/c10-9(7-13)3-1-2-8(4-9,5-11)6-12/h11-13H,1-7,10H2. The van der Waals surface area contributed by atoms with Crippen molar-refractivity contribution in [1.29, 1.82) is 0 Å². The summed E-state index contributed by atoms with van der Waals surface area (Å²) in [4.78, 5) is 0. The van der Waals surface area contributed by atoms with Crippen LogP contribution in [0.1, 0.15) is 25.7 Å². The molecule has 1 aliphatic carbocycles. The summed E-state index contributed by atoms with van der Waals surface area (Å²) in [6.45, 7) is -0.181. The Morgan fingerprint density at radius 2 is 1.62 bits per heavy atom. The molecule has 13 heavy (non-hydrogen) atoms. The van der Waals surface area contributed by atoms with Gasteiger partial charge in [-0.15, -0.1) is 0 Å². The molecule has 0 aromatic carbocycles. The van der Waals surface area contributed by atoms with Gasteiger partial charge in [-0.25, -0.2) is 0 Å². The summed E-state index contributed by atoms with van der Waals surface area (Å²) in [5, 5.41) is 27.4. The van der Waals surface area contributed by atoms with Crippen LogP contribution in [0.3, 0.4) is 0 Å². The molecule has 78 valence electrons. The molecule has 1 unspecified atom stereocenters. The number of rotatable bonds is 3. The van der Waals surface area contributed by atoms with Crippen molar-refractivity contribution in [1.82, 2.24) is 0 Å². The first-order valence-corrected chi connectivity index (χ1v) is 4.71. The minimum atomic E-state index is -0.607. The predicted octanol–water partition coefficient (Wildman–Crippen LogP) is -0.779. The maximum Gasteiger partial charge on any atom is 0.0611 e. The minimum Gasteiger partial charge on any atom is -0.396 e. The fraction of sp³-hybridized carbons (Fsp3) is 1.00. The number of hydrogen-bond donors (Lipinski definition) is 4. The van der Waals surface area contributed by atoms with Crippen LogP contribution in [0.4, 0.5) is 0 Å². The van der Waals surface area contributed by atoms with Crippen molar-refractivity contribution < 1.29 is 15.3 Å². The third kappa shape index (κ3) is 2.20. The Kier molecular flexibility index (Phi) is 3.29. The Balaban J connectivity index is 2.69.